The molecule has 0 N–H and O–H groups in total. The second-order valence-corrected chi connectivity index (χ2v) is 7.91. The zero-order valence-electron chi connectivity index (χ0n) is 7.78. The molecule has 13 heavy (non-hydrogen) atoms. The van der Waals surface area contributed by atoms with E-state index < -0.39 is 0 Å². The van der Waals surface area contributed by atoms with Crippen LogP contribution in [-0.4, -0.2) is 29.9 Å². The Balaban J connectivity index is 2.66. The zero-order valence-corrected chi connectivity index (χ0v) is 11.2. The predicted molar refractivity (Wildman–Crippen MR) is 60.3 cm³/mol. The van der Waals surface area contributed by atoms with E-state index in [2.05, 4.69) is 35.6 Å². The van der Waals surface area contributed by atoms with E-state index in [9.17, 15) is 0 Å². The first-order valence-corrected chi connectivity index (χ1v) is 9.39. The van der Waals surface area contributed by atoms with Crippen molar-refractivity contribution < 1.29 is 0 Å². The first-order chi connectivity index (χ1) is 6.36. The fourth-order valence-corrected chi connectivity index (χ4v) is 4.12. The van der Waals surface area contributed by atoms with Gasteiger partial charge in [-0.3, -0.25) is 0 Å². The number of rotatable bonds is 2. The average Bonchev–Trinajstić information content (AvgIpc) is 2.21. The molecule has 0 aliphatic heterocycles. The number of benzene rings is 1. The van der Waals surface area contributed by atoms with Crippen LogP contribution in [0.2, 0.25) is 15.4 Å². The van der Waals surface area contributed by atoms with Crippen LogP contribution >= 0.6 is 0 Å². The van der Waals surface area contributed by atoms with Crippen LogP contribution in [0, 0.1) is 11.8 Å². The van der Waals surface area contributed by atoms with E-state index in [0.29, 0.717) is 33.6 Å². The molecule has 0 spiro atoms. The SMILES string of the molecule is C[Se]C(C#Cc1ccccc1)[Se]C. The van der Waals surface area contributed by atoms with Gasteiger partial charge in [0, 0.05) is 0 Å². The summed E-state index contributed by atoms with van der Waals surface area (Å²) in [5.41, 5.74) is 1.14. The van der Waals surface area contributed by atoms with Crippen molar-refractivity contribution in [1.82, 2.24) is 0 Å². The number of hydrogen-bond donors (Lipinski definition) is 0. The van der Waals surface area contributed by atoms with Crippen LogP contribution in [-0.2, 0) is 0 Å². The summed E-state index contributed by atoms with van der Waals surface area (Å²) < 4.78 is 0.681. The Morgan fingerprint density at radius 3 is 2.23 bits per heavy atom. The van der Waals surface area contributed by atoms with Gasteiger partial charge in [0.1, 0.15) is 0 Å². The van der Waals surface area contributed by atoms with Gasteiger partial charge in [-0.25, -0.2) is 0 Å². The van der Waals surface area contributed by atoms with Gasteiger partial charge in [0.15, 0.2) is 0 Å². The molecule has 0 aliphatic carbocycles. The van der Waals surface area contributed by atoms with Gasteiger partial charge in [-0.15, -0.1) is 0 Å². The molecule has 0 atom stereocenters. The summed E-state index contributed by atoms with van der Waals surface area (Å²) in [5, 5.41) is 0. The summed E-state index contributed by atoms with van der Waals surface area (Å²) in [5.74, 6) is 11.1. The third-order valence-electron chi connectivity index (χ3n) is 1.54. The van der Waals surface area contributed by atoms with Crippen molar-refractivity contribution in [3.05, 3.63) is 35.9 Å². The molecule has 0 fully saturated rings. The van der Waals surface area contributed by atoms with Crippen LogP contribution in [0.15, 0.2) is 30.3 Å². The Morgan fingerprint density at radius 2 is 1.69 bits per heavy atom. The summed E-state index contributed by atoms with van der Waals surface area (Å²) in [7, 11) is 0. The topological polar surface area (TPSA) is 0 Å². The van der Waals surface area contributed by atoms with Crippen molar-refractivity contribution in [3.8, 4) is 11.8 Å². The molecule has 0 saturated carbocycles. The maximum atomic E-state index is 3.34. The fourth-order valence-electron chi connectivity index (χ4n) is 0.878. The maximum absolute atomic E-state index is 3.34. The van der Waals surface area contributed by atoms with E-state index >= 15 is 0 Å². The normalized spacial score (nSPS) is 9.46. The van der Waals surface area contributed by atoms with Gasteiger partial charge in [-0.05, 0) is 0 Å². The van der Waals surface area contributed by atoms with Crippen LogP contribution in [0.5, 0.6) is 0 Å². The van der Waals surface area contributed by atoms with Crippen molar-refractivity contribution in [1.29, 1.82) is 0 Å². The Morgan fingerprint density at radius 1 is 1.08 bits per heavy atom. The third kappa shape index (κ3) is 4.03. The Bertz CT molecular complexity index is 291. The van der Waals surface area contributed by atoms with E-state index in [1.165, 1.54) is 0 Å². The van der Waals surface area contributed by atoms with Crippen LogP contribution in [0.1, 0.15) is 5.56 Å². The molecule has 0 radical (unpaired) electrons. The molecule has 0 heterocycles. The fraction of sp³-hybridized carbons (Fsp3) is 0.273. The summed E-state index contributed by atoms with van der Waals surface area (Å²) >= 11 is 1.35. The second kappa shape index (κ2) is 6.30. The monoisotopic (exact) mass is 304 g/mol. The first-order valence-electron chi connectivity index (χ1n) is 3.99. The van der Waals surface area contributed by atoms with Gasteiger partial charge < -0.3 is 0 Å². The Hall–Kier alpha value is -0.181. The van der Waals surface area contributed by atoms with Gasteiger partial charge in [0.25, 0.3) is 0 Å². The minimum atomic E-state index is 0.677. The molecule has 0 bridgehead atoms. The summed E-state index contributed by atoms with van der Waals surface area (Å²) in [4.78, 5) is 0. The molecular weight excluding hydrogens is 290 g/mol. The van der Waals surface area contributed by atoms with E-state index in [4.69, 9.17) is 0 Å². The van der Waals surface area contributed by atoms with E-state index in [-0.39, 0.29) is 0 Å². The van der Waals surface area contributed by atoms with Crippen molar-refractivity contribution in [2.24, 2.45) is 0 Å². The standard InChI is InChI=1S/C11H12Se2/c1-12-11(13-2)9-8-10-6-4-3-5-7-10/h3-7,11H,1-2H3. The quantitative estimate of drug-likeness (QED) is 0.581. The van der Waals surface area contributed by atoms with Gasteiger partial charge in [-0.1, -0.05) is 0 Å². The zero-order chi connectivity index (χ0) is 9.52. The molecular formula is C11H12Se2. The average molecular weight is 302 g/mol. The summed E-state index contributed by atoms with van der Waals surface area (Å²) in [6.07, 6.45) is 0. The Labute approximate surface area is 92.8 Å². The van der Waals surface area contributed by atoms with E-state index in [1.807, 2.05) is 18.2 Å². The van der Waals surface area contributed by atoms with Crippen molar-refractivity contribution in [2.75, 3.05) is 0 Å². The third-order valence-corrected chi connectivity index (χ3v) is 8.02. The van der Waals surface area contributed by atoms with Gasteiger partial charge in [-0.2, -0.15) is 0 Å². The van der Waals surface area contributed by atoms with Crippen molar-refractivity contribution in [3.63, 3.8) is 0 Å². The molecule has 0 saturated heterocycles. The molecule has 68 valence electrons. The minimum absolute atomic E-state index is 0.677. The summed E-state index contributed by atoms with van der Waals surface area (Å²) in [6, 6.07) is 10.2. The van der Waals surface area contributed by atoms with Crippen LogP contribution in [0.4, 0.5) is 0 Å². The van der Waals surface area contributed by atoms with Gasteiger partial charge in [0.05, 0.1) is 0 Å². The molecule has 1 aromatic carbocycles. The second-order valence-electron chi connectivity index (χ2n) is 2.44. The predicted octanol–water partition coefficient (Wildman–Crippen LogP) is 2.29. The summed E-state index contributed by atoms with van der Waals surface area (Å²) in [6.45, 7) is 0. The Kier molecular flexibility index (Phi) is 5.28. The van der Waals surface area contributed by atoms with Gasteiger partial charge >= 0.3 is 93.0 Å². The van der Waals surface area contributed by atoms with E-state index in [1.54, 1.807) is 0 Å². The van der Waals surface area contributed by atoms with Crippen LogP contribution < -0.4 is 0 Å². The van der Waals surface area contributed by atoms with Crippen LogP contribution in [0.3, 0.4) is 0 Å². The molecule has 1 rings (SSSR count). The molecule has 0 unspecified atom stereocenters. The molecule has 0 nitrogen and oxygen atoms in total. The van der Waals surface area contributed by atoms with Crippen molar-refractivity contribution in [2.45, 2.75) is 15.4 Å². The molecule has 2 heteroatoms. The molecule has 0 amide bonds. The first kappa shape index (κ1) is 10.9. The van der Waals surface area contributed by atoms with Gasteiger partial charge in [0.2, 0.25) is 0 Å². The van der Waals surface area contributed by atoms with E-state index in [0.717, 1.165) is 5.56 Å². The number of hydrogen-bond acceptors (Lipinski definition) is 0. The molecule has 1 aromatic rings. The molecule has 0 aromatic heterocycles. The van der Waals surface area contributed by atoms with Crippen molar-refractivity contribution >= 4 is 29.9 Å². The molecule has 0 aliphatic rings. The van der Waals surface area contributed by atoms with Crippen LogP contribution in [0.25, 0.3) is 0 Å².